The number of likely N-dealkylation sites (N-methyl/N-ethyl adjacent to an activating group) is 2. The molecule has 0 rings (SSSR count). The lowest BCUT2D eigenvalue weighted by molar-refractivity contribution is -0.138. The van der Waals surface area contributed by atoms with Crippen LogP contribution in [-0.2, 0) is 9.59 Å². The third-order valence-corrected chi connectivity index (χ3v) is 2.55. The molecule has 2 amide bonds. The molecule has 0 fully saturated rings. The number of nitrogens with two attached hydrogens (primary N) is 1. The minimum Gasteiger partial charge on any atom is -0.344 e. The predicted molar refractivity (Wildman–Crippen MR) is 71.0 cm³/mol. The van der Waals surface area contributed by atoms with Crippen LogP contribution in [0.5, 0.6) is 0 Å². The molecule has 0 aliphatic carbocycles. The molecule has 5 nitrogen and oxygen atoms in total. The Labute approximate surface area is 110 Å². The molecule has 17 heavy (non-hydrogen) atoms. The largest absolute Gasteiger partial charge is 0.344 e. The quantitative estimate of drug-likeness (QED) is 0.779. The number of hydrogen-bond donors (Lipinski definition) is 1. The van der Waals surface area contributed by atoms with Crippen LogP contribution in [0.2, 0.25) is 0 Å². The first-order valence-electron chi connectivity index (χ1n) is 5.35. The Balaban J connectivity index is 0. The average Bonchev–Trinajstić information content (AvgIpc) is 2.16. The Morgan fingerprint density at radius 3 is 2.00 bits per heavy atom. The summed E-state index contributed by atoms with van der Waals surface area (Å²) in [6.45, 7) is 6.68. The Morgan fingerprint density at radius 1 is 1.18 bits per heavy atom. The summed E-state index contributed by atoms with van der Waals surface area (Å²) in [5, 5.41) is 0. The zero-order valence-corrected chi connectivity index (χ0v) is 12.1. The molecule has 0 heterocycles. The molecule has 0 radical (unpaired) electrons. The highest BCUT2D eigenvalue weighted by Gasteiger charge is 2.22. The second kappa shape index (κ2) is 7.50. The highest BCUT2D eigenvalue weighted by molar-refractivity contribution is 5.85. The van der Waals surface area contributed by atoms with E-state index >= 15 is 0 Å². The summed E-state index contributed by atoms with van der Waals surface area (Å²) in [7, 11) is 3.34. The Kier molecular flexibility index (Phi) is 8.19. The van der Waals surface area contributed by atoms with E-state index in [0.717, 1.165) is 0 Å². The van der Waals surface area contributed by atoms with Gasteiger partial charge in [0.1, 0.15) is 0 Å². The normalized spacial score (nSPS) is 10.5. The van der Waals surface area contributed by atoms with Crippen molar-refractivity contribution in [2.45, 2.75) is 20.8 Å². The van der Waals surface area contributed by atoms with Crippen LogP contribution in [0.3, 0.4) is 0 Å². The van der Waals surface area contributed by atoms with Gasteiger partial charge in [0.05, 0.1) is 6.54 Å². The van der Waals surface area contributed by atoms with Crippen LogP contribution in [0.4, 0.5) is 0 Å². The fourth-order valence-corrected chi connectivity index (χ4v) is 1.23. The summed E-state index contributed by atoms with van der Waals surface area (Å²) in [4.78, 5) is 25.7. The van der Waals surface area contributed by atoms with Gasteiger partial charge in [0.15, 0.2) is 0 Å². The second-order valence-electron chi connectivity index (χ2n) is 4.99. The van der Waals surface area contributed by atoms with E-state index < -0.39 is 0 Å². The number of halogens is 1. The van der Waals surface area contributed by atoms with Gasteiger partial charge in [-0.05, 0) is 12.0 Å². The molecule has 0 aromatic heterocycles. The molecule has 0 aromatic carbocycles. The maximum absolute atomic E-state index is 11.7. The lowest BCUT2D eigenvalue weighted by Crippen LogP contribution is -2.44. The van der Waals surface area contributed by atoms with E-state index in [4.69, 9.17) is 5.73 Å². The molecule has 0 unspecified atom stereocenters. The molecule has 0 aliphatic heterocycles. The fraction of sp³-hybridized carbons (Fsp3) is 0.818. The van der Waals surface area contributed by atoms with Crippen LogP contribution in [0.15, 0.2) is 0 Å². The van der Waals surface area contributed by atoms with Crippen molar-refractivity contribution in [2.75, 3.05) is 33.7 Å². The van der Waals surface area contributed by atoms with Gasteiger partial charge in [0.25, 0.3) is 0 Å². The van der Waals surface area contributed by atoms with Crippen molar-refractivity contribution < 1.29 is 9.59 Å². The SMILES string of the molecule is CC(=O)N(C)CC(=O)N(C)CC(C)(C)CN.Cl. The standard InChI is InChI=1S/C11H23N3O2.ClH/c1-9(15)13(4)6-10(16)14(5)8-11(2,3)7-12;/h6-8,12H2,1-5H3;1H. The summed E-state index contributed by atoms with van der Waals surface area (Å²) in [6, 6.07) is 0. The van der Waals surface area contributed by atoms with Crippen molar-refractivity contribution in [3.8, 4) is 0 Å². The number of rotatable bonds is 5. The van der Waals surface area contributed by atoms with E-state index in [-0.39, 0.29) is 36.2 Å². The van der Waals surface area contributed by atoms with E-state index in [9.17, 15) is 9.59 Å². The molecular formula is C11H24ClN3O2. The molecule has 0 saturated carbocycles. The molecule has 6 heteroatoms. The van der Waals surface area contributed by atoms with Crippen molar-refractivity contribution >= 4 is 24.2 Å². The monoisotopic (exact) mass is 265 g/mol. The summed E-state index contributed by atoms with van der Waals surface area (Å²) in [5.41, 5.74) is 5.50. The third kappa shape index (κ3) is 7.18. The van der Waals surface area contributed by atoms with Crippen LogP contribution in [0.1, 0.15) is 20.8 Å². The molecule has 0 saturated heterocycles. The maximum Gasteiger partial charge on any atom is 0.241 e. The highest BCUT2D eigenvalue weighted by Crippen LogP contribution is 2.13. The second-order valence-corrected chi connectivity index (χ2v) is 4.99. The predicted octanol–water partition coefficient (Wildman–Crippen LogP) is 0.330. The molecule has 0 aromatic rings. The first-order valence-corrected chi connectivity index (χ1v) is 5.35. The molecular weight excluding hydrogens is 242 g/mol. The lowest BCUT2D eigenvalue weighted by atomic mass is 9.93. The van der Waals surface area contributed by atoms with Crippen molar-refractivity contribution in [3.63, 3.8) is 0 Å². The number of carbonyl (C=O) groups is 2. The first-order chi connectivity index (χ1) is 7.19. The van der Waals surface area contributed by atoms with Crippen LogP contribution < -0.4 is 5.73 Å². The smallest absolute Gasteiger partial charge is 0.241 e. The van der Waals surface area contributed by atoms with Gasteiger partial charge in [-0.25, -0.2) is 0 Å². The Morgan fingerprint density at radius 2 is 1.65 bits per heavy atom. The Bertz CT molecular complexity index is 269. The van der Waals surface area contributed by atoms with Gasteiger partial charge in [-0.3, -0.25) is 9.59 Å². The van der Waals surface area contributed by atoms with E-state index in [2.05, 4.69) is 0 Å². The minimum atomic E-state index is -0.111. The van der Waals surface area contributed by atoms with E-state index in [0.29, 0.717) is 13.1 Å². The van der Waals surface area contributed by atoms with Crippen molar-refractivity contribution in [3.05, 3.63) is 0 Å². The van der Waals surface area contributed by atoms with Gasteiger partial charge < -0.3 is 15.5 Å². The number of carbonyl (C=O) groups excluding carboxylic acids is 2. The minimum absolute atomic E-state index is 0. The molecule has 2 N–H and O–H groups in total. The van der Waals surface area contributed by atoms with E-state index in [1.807, 2.05) is 13.8 Å². The van der Waals surface area contributed by atoms with Crippen molar-refractivity contribution in [1.82, 2.24) is 9.80 Å². The number of nitrogens with zero attached hydrogens (tertiary/aromatic N) is 2. The van der Waals surface area contributed by atoms with Crippen LogP contribution in [-0.4, -0.2) is 55.3 Å². The fourth-order valence-electron chi connectivity index (χ4n) is 1.23. The Hall–Kier alpha value is -0.810. The highest BCUT2D eigenvalue weighted by atomic mass is 35.5. The summed E-state index contributed by atoms with van der Waals surface area (Å²) < 4.78 is 0. The van der Waals surface area contributed by atoms with Crippen LogP contribution >= 0.6 is 12.4 Å². The lowest BCUT2D eigenvalue weighted by Gasteiger charge is -2.30. The summed E-state index contributed by atoms with van der Waals surface area (Å²) >= 11 is 0. The summed E-state index contributed by atoms with van der Waals surface area (Å²) in [5.74, 6) is -0.181. The molecule has 102 valence electrons. The molecule has 0 spiro atoms. The zero-order chi connectivity index (χ0) is 12.9. The van der Waals surface area contributed by atoms with Gasteiger partial charge in [0.2, 0.25) is 11.8 Å². The van der Waals surface area contributed by atoms with Gasteiger partial charge in [-0.15, -0.1) is 12.4 Å². The maximum atomic E-state index is 11.7. The molecule has 0 bridgehead atoms. The van der Waals surface area contributed by atoms with Gasteiger partial charge in [-0.2, -0.15) is 0 Å². The van der Waals surface area contributed by atoms with E-state index in [1.165, 1.54) is 11.8 Å². The van der Waals surface area contributed by atoms with E-state index in [1.54, 1.807) is 19.0 Å². The molecule has 0 aliphatic rings. The van der Waals surface area contributed by atoms with Crippen LogP contribution in [0.25, 0.3) is 0 Å². The van der Waals surface area contributed by atoms with Crippen molar-refractivity contribution in [1.29, 1.82) is 0 Å². The topological polar surface area (TPSA) is 66.6 Å². The summed E-state index contributed by atoms with van der Waals surface area (Å²) in [6.07, 6.45) is 0. The number of hydrogen-bond acceptors (Lipinski definition) is 3. The number of amides is 2. The van der Waals surface area contributed by atoms with Crippen molar-refractivity contribution in [2.24, 2.45) is 11.1 Å². The average molecular weight is 266 g/mol. The van der Waals surface area contributed by atoms with Crippen LogP contribution in [0, 0.1) is 5.41 Å². The molecule has 0 atom stereocenters. The first kappa shape index (κ1) is 18.6. The van der Waals surface area contributed by atoms with Gasteiger partial charge >= 0.3 is 0 Å². The van der Waals surface area contributed by atoms with Gasteiger partial charge in [0, 0.05) is 27.6 Å². The van der Waals surface area contributed by atoms with Gasteiger partial charge in [-0.1, -0.05) is 13.8 Å². The zero-order valence-electron chi connectivity index (χ0n) is 11.3. The third-order valence-electron chi connectivity index (χ3n) is 2.55.